The number of halogens is 1. The summed E-state index contributed by atoms with van der Waals surface area (Å²) >= 11 is 6.22. The number of nitro benzene ring substituents is 1. The van der Waals surface area contributed by atoms with Gasteiger partial charge in [-0.15, -0.1) is 9.36 Å². The highest BCUT2D eigenvalue weighted by Gasteiger charge is 2.32. The molecule has 8 heteroatoms. The zero-order chi connectivity index (χ0) is 18.3. The van der Waals surface area contributed by atoms with Crippen molar-refractivity contribution in [3.63, 3.8) is 0 Å². The molecule has 0 saturated heterocycles. The lowest BCUT2D eigenvalue weighted by molar-refractivity contribution is -0.682. The molecular formula is C18H16ClN4O3+. The molecule has 0 amide bonds. The van der Waals surface area contributed by atoms with Crippen molar-refractivity contribution >= 4 is 17.3 Å². The predicted molar refractivity (Wildman–Crippen MR) is 95.3 cm³/mol. The molecular weight excluding hydrogens is 356 g/mol. The second-order valence-electron chi connectivity index (χ2n) is 5.91. The van der Waals surface area contributed by atoms with Gasteiger partial charge in [0.05, 0.1) is 17.0 Å². The maximum atomic E-state index is 11.0. The van der Waals surface area contributed by atoms with Crippen molar-refractivity contribution in [3.05, 3.63) is 69.3 Å². The summed E-state index contributed by atoms with van der Waals surface area (Å²) in [6.07, 6.45) is 1.37. The van der Waals surface area contributed by atoms with Crippen molar-refractivity contribution in [2.24, 2.45) is 0 Å². The van der Waals surface area contributed by atoms with E-state index in [2.05, 4.69) is 0 Å². The Hall–Kier alpha value is -2.93. The maximum Gasteiger partial charge on any atom is 0.328 e. The number of rotatable bonds is 3. The third-order valence-corrected chi connectivity index (χ3v) is 4.54. The minimum absolute atomic E-state index is 0.0507. The summed E-state index contributed by atoms with van der Waals surface area (Å²) in [6.45, 7) is 2.55. The number of aromatic nitrogens is 3. The van der Waals surface area contributed by atoms with Gasteiger partial charge in [-0.1, -0.05) is 18.5 Å². The van der Waals surface area contributed by atoms with Crippen LogP contribution in [0.2, 0.25) is 5.02 Å². The Balaban J connectivity index is 1.97. The van der Waals surface area contributed by atoms with Gasteiger partial charge in [-0.3, -0.25) is 10.1 Å². The van der Waals surface area contributed by atoms with Gasteiger partial charge in [-0.2, -0.15) is 0 Å². The van der Waals surface area contributed by atoms with Crippen LogP contribution in [0.5, 0.6) is 5.75 Å². The highest BCUT2D eigenvalue weighted by Crippen LogP contribution is 2.27. The molecule has 0 saturated carbocycles. The molecule has 0 fully saturated rings. The van der Waals surface area contributed by atoms with Gasteiger partial charge >= 0.3 is 5.82 Å². The first kappa shape index (κ1) is 16.5. The number of benzene rings is 2. The Morgan fingerprint density at radius 2 is 2.08 bits per heavy atom. The fourth-order valence-corrected chi connectivity index (χ4v) is 3.29. The maximum absolute atomic E-state index is 11.0. The van der Waals surface area contributed by atoms with E-state index in [1.807, 2.05) is 28.4 Å². The first-order valence-electron chi connectivity index (χ1n) is 8.29. The molecule has 0 atom stereocenters. The van der Waals surface area contributed by atoms with Gasteiger partial charge in [-0.25, -0.2) is 0 Å². The fraction of sp³-hybridized carbons (Fsp3) is 0.222. The number of ether oxygens (including phenoxy) is 1. The molecule has 3 aromatic rings. The lowest BCUT2D eigenvalue weighted by atomic mass is 10.2. The van der Waals surface area contributed by atoms with Gasteiger partial charge in [0.2, 0.25) is 0 Å². The lowest BCUT2D eigenvalue weighted by Crippen LogP contribution is -2.43. The van der Waals surface area contributed by atoms with Crippen LogP contribution in [0, 0.1) is 10.1 Å². The third-order valence-electron chi connectivity index (χ3n) is 4.30. The van der Waals surface area contributed by atoms with Crippen LogP contribution in [0.25, 0.3) is 11.4 Å². The summed E-state index contributed by atoms with van der Waals surface area (Å²) in [5, 5.41) is 11.6. The Kier molecular flexibility index (Phi) is 4.08. The van der Waals surface area contributed by atoms with Crippen molar-refractivity contribution in [1.82, 2.24) is 9.67 Å². The number of nitro groups is 1. The molecule has 4 rings (SSSR count). The third kappa shape index (κ3) is 2.70. The molecule has 2 heterocycles. The molecule has 0 radical (unpaired) electrons. The van der Waals surface area contributed by atoms with Crippen LogP contribution < -0.4 is 9.42 Å². The monoisotopic (exact) mass is 371 g/mol. The van der Waals surface area contributed by atoms with Crippen molar-refractivity contribution in [1.29, 1.82) is 0 Å². The number of hydrogen-bond acceptors (Lipinski definition) is 4. The summed E-state index contributed by atoms with van der Waals surface area (Å²) in [4.78, 5) is 15.3. The zero-order valence-electron chi connectivity index (χ0n) is 14.1. The second kappa shape index (κ2) is 6.42. The van der Waals surface area contributed by atoms with E-state index in [9.17, 15) is 10.1 Å². The number of fused-ring (bicyclic) bond motifs is 3. The Morgan fingerprint density at radius 3 is 2.77 bits per heavy atom. The van der Waals surface area contributed by atoms with Gasteiger partial charge < -0.3 is 4.74 Å². The standard InChI is InChI=1S/C18H16ClN4O3/c1-2-17-20-18-9-10-26-16-8-3-12(19)11-15(16)22(18)21(17)13-4-6-14(7-5-13)23(24)25/h3-8,11H,2,9-10H2,1H3/q+1. The fourth-order valence-electron chi connectivity index (χ4n) is 3.12. The van der Waals surface area contributed by atoms with Crippen LogP contribution in [0.3, 0.4) is 0 Å². The average molecular weight is 372 g/mol. The normalized spacial score (nSPS) is 12.7. The highest BCUT2D eigenvalue weighted by atomic mass is 35.5. The minimum Gasteiger partial charge on any atom is -0.488 e. The van der Waals surface area contributed by atoms with E-state index in [0.29, 0.717) is 24.5 Å². The topological polar surface area (TPSA) is 74.1 Å². The Bertz CT molecular complexity index is 998. The van der Waals surface area contributed by atoms with Crippen LogP contribution in [0.15, 0.2) is 42.5 Å². The van der Waals surface area contributed by atoms with Crippen LogP contribution in [-0.2, 0) is 12.8 Å². The molecule has 0 N–H and O–H groups in total. The Morgan fingerprint density at radius 1 is 1.31 bits per heavy atom. The molecule has 2 aromatic carbocycles. The molecule has 0 aliphatic carbocycles. The van der Waals surface area contributed by atoms with Crippen LogP contribution in [0.1, 0.15) is 18.6 Å². The van der Waals surface area contributed by atoms with E-state index in [4.69, 9.17) is 21.3 Å². The van der Waals surface area contributed by atoms with Crippen LogP contribution in [0.4, 0.5) is 5.69 Å². The van der Waals surface area contributed by atoms with Gasteiger partial charge in [0.15, 0.2) is 11.4 Å². The number of nitrogens with zero attached hydrogens (tertiary/aromatic N) is 4. The predicted octanol–water partition coefficient (Wildman–Crippen LogP) is 3.21. The largest absolute Gasteiger partial charge is 0.488 e. The zero-order valence-corrected chi connectivity index (χ0v) is 14.8. The summed E-state index contributed by atoms with van der Waals surface area (Å²) in [7, 11) is 0. The van der Waals surface area contributed by atoms with Crippen molar-refractivity contribution < 1.29 is 14.3 Å². The summed E-state index contributed by atoms with van der Waals surface area (Å²) in [6, 6.07) is 11.9. The van der Waals surface area contributed by atoms with Crippen molar-refractivity contribution in [2.75, 3.05) is 6.61 Å². The molecule has 0 unspecified atom stereocenters. The molecule has 26 heavy (non-hydrogen) atoms. The van der Waals surface area contributed by atoms with E-state index in [1.54, 1.807) is 18.2 Å². The van der Waals surface area contributed by atoms with Gasteiger partial charge in [-0.05, 0) is 29.2 Å². The van der Waals surface area contributed by atoms with E-state index in [-0.39, 0.29) is 5.69 Å². The smallest absolute Gasteiger partial charge is 0.328 e. The van der Waals surface area contributed by atoms with E-state index >= 15 is 0 Å². The van der Waals surface area contributed by atoms with Crippen molar-refractivity contribution in [3.8, 4) is 17.1 Å². The average Bonchev–Trinajstić information content (AvgIpc) is 2.92. The first-order valence-corrected chi connectivity index (χ1v) is 8.66. The Labute approximate surface area is 154 Å². The first-order chi connectivity index (χ1) is 12.6. The molecule has 1 aliphatic rings. The van der Waals surface area contributed by atoms with Gasteiger partial charge in [0, 0.05) is 29.6 Å². The van der Waals surface area contributed by atoms with E-state index < -0.39 is 4.92 Å². The number of hydrogen-bond donors (Lipinski definition) is 0. The van der Waals surface area contributed by atoms with E-state index in [1.165, 1.54) is 12.1 Å². The molecule has 132 valence electrons. The van der Waals surface area contributed by atoms with E-state index in [0.717, 1.165) is 28.8 Å². The second-order valence-corrected chi connectivity index (χ2v) is 6.34. The summed E-state index contributed by atoms with van der Waals surface area (Å²) < 4.78 is 9.78. The molecule has 0 spiro atoms. The molecule has 1 aliphatic heterocycles. The van der Waals surface area contributed by atoms with Crippen LogP contribution in [-0.4, -0.2) is 21.2 Å². The summed E-state index contributed by atoms with van der Waals surface area (Å²) in [5.74, 6) is 2.45. The molecule has 0 bridgehead atoms. The number of non-ortho nitro benzene ring substituents is 1. The van der Waals surface area contributed by atoms with Gasteiger partial charge in [0.1, 0.15) is 6.61 Å². The SMILES string of the molecule is CCc1nc2[n+](n1-c1ccc([N+](=O)[O-])cc1)-c1cc(Cl)ccc1OCC2. The quantitative estimate of drug-likeness (QED) is 0.402. The van der Waals surface area contributed by atoms with Gasteiger partial charge in [0.25, 0.3) is 11.5 Å². The summed E-state index contributed by atoms with van der Waals surface area (Å²) in [5.41, 5.74) is 1.64. The van der Waals surface area contributed by atoms with Crippen LogP contribution >= 0.6 is 11.6 Å². The number of aryl methyl sites for hydroxylation is 1. The highest BCUT2D eigenvalue weighted by molar-refractivity contribution is 6.30. The minimum atomic E-state index is -0.408. The lowest BCUT2D eigenvalue weighted by Gasteiger charge is -2.10. The molecule has 1 aromatic heterocycles. The van der Waals surface area contributed by atoms with Crippen molar-refractivity contribution in [2.45, 2.75) is 19.8 Å². The molecule has 7 nitrogen and oxygen atoms in total.